The summed E-state index contributed by atoms with van der Waals surface area (Å²) in [5.74, 6) is 0.0135. The van der Waals surface area contributed by atoms with Crippen LogP contribution in [-0.2, 0) is 11.3 Å². The van der Waals surface area contributed by atoms with Crippen LogP contribution in [0.5, 0.6) is 0 Å². The normalized spacial score (nSPS) is 12.3. The van der Waals surface area contributed by atoms with Crippen molar-refractivity contribution in [2.45, 2.75) is 19.4 Å². The molecule has 1 amide bonds. The molecule has 5 nitrogen and oxygen atoms in total. The minimum atomic E-state index is -1.55. The second kappa shape index (κ2) is 8.79. The maximum Gasteiger partial charge on any atom is 0.488 e. The number of amides is 1. The Balaban J connectivity index is 1.42. The van der Waals surface area contributed by atoms with Gasteiger partial charge >= 0.3 is 13.2 Å². The minimum absolute atomic E-state index is 0.0135. The Hall–Kier alpha value is -2.36. The van der Waals surface area contributed by atoms with Gasteiger partial charge in [0, 0.05) is 16.0 Å². The number of hydrogen-bond donors (Lipinski definition) is 3. The lowest BCUT2D eigenvalue weighted by Crippen LogP contribution is -2.34. The highest BCUT2D eigenvalue weighted by Gasteiger charge is 2.29. The Bertz CT molecular complexity index is 1060. The first-order chi connectivity index (χ1) is 14.5. The maximum atomic E-state index is 12.3. The third-order valence-electron chi connectivity index (χ3n) is 5.50. The van der Waals surface area contributed by atoms with Crippen LogP contribution in [0.15, 0.2) is 60.7 Å². The van der Waals surface area contributed by atoms with E-state index < -0.39 is 13.2 Å². The number of carbonyl (C=O) groups excluding carboxylic acids is 1. The van der Waals surface area contributed by atoms with Gasteiger partial charge in [-0.3, -0.25) is 0 Å². The second-order valence-electron chi connectivity index (χ2n) is 7.34. The van der Waals surface area contributed by atoms with Gasteiger partial charge in [0.1, 0.15) is 6.61 Å². The number of ether oxygens (including phenoxy) is 1. The van der Waals surface area contributed by atoms with Gasteiger partial charge in [0.15, 0.2) is 0 Å². The number of rotatable bonds is 5. The highest BCUT2D eigenvalue weighted by atomic mass is 127. The van der Waals surface area contributed by atoms with Crippen LogP contribution < -0.4 is 10.8 Å². The van der Waals surface area contributed by atoms with E-state index in [1.54, 1.807) is 6.07 Å². The second-order valence-corrected chi connectivity index (χ2v) is 8.51. The summed E-state index contributed by atoms with van der Waals surface area (Å²) in [6.07, 6.45) is -0.501. The number of halogens is 1. The maximum absolute atomic E-state index is 12.3. The standard InChI is InChI=1S/C23H21BINO4/c1-14-21(24(28)29)10-15(11-22(14)25)12-26-23(27)30-13-20-18-8-4-2-6-16(18)17-7-3-5-9-19(17)20/h2-11,20,28-29H,12-13H2,1H3,(H,26,27). The van der Waals surface area contributed by atoms with Crippen LogP contribution in [0.25, 0.3) is 11.1 Å². The minimum Gasteiger partial charge on any atom is -0.449 e. The first kappa shape index (κ1) is 20.9. The fourth-order valence-corrected chi connectivity index (χ4v) is 4.66. The Morgan fingerprint density at radius 2 is 1.67 bits per heavy atom. The van der Waals surface area contributed by atoms with Crippen molar-refractivity contribution in [1.29, 1.82) is 0 Å². The molecule has 1 aliphatic rings. The summed E-state index contributed by atoms with van der Waals surface area (Å²) in [7, 11) is -1.55. The first-order valence-corrected chi connectivity index (χ1v) is 10.8. The van der Waals surface area contributed by atoms with Gasteiger partial charge in [-0.15, -0.1) is 0 Å². The molecule has 3 aromatic rings. The van der Waals surface area contributed by atoms with Gasteiger partial charge in [-0.2, -0.15) is 0 Å². The van der Waals surface area contributed by atoms with Crippen molar-refractivity contribution in [2.75, 3.05) is 6.61 Å². The van der Waals surface area contributed by atoms with Gasteiger partial charge in [-0.25, -0.2) is 4.79 Å². The van der Waals surface area contributed by atoms with E-state index in [1.807, 2.05) is 37.3 Å². The Morgan fingerprint density at radius 3 is 2.27 bits per heavy atom. The summed E-state index contributed by atoms with van der Waals surface area (Å²) in [5, 5.41) is 21.8. The average molecular weight is 513 g/mol. The Labute approximate surface area is 189 Å². The molecule has 0 aliphatic heterocycles. The molecule has 152 valence electrons. The van der Waals surface area contributed by atoms with E-state index in [-0.39, 0.29) is 19.1 Å². The van der Waals surface area contributed by atoms with Gasteiger partial charge < -0.3 is 20.1 Å². The SMILES string of the molecule is Cc1c(I)cc(CNC(=O)OCC2c3ccccc3-c3ccccc32)cc1B(O)O. The molecule has 0 saturated heterocycles. The third kappa shape index (κ3) is 4.10. The summed E-state index contributed by atoms with van der Waals surface area (Å²) >= 11 is 2.14. The molecule has 3 N–H and O–H groups in total. The summed E-state index contributed by atoms with van der Waals surface area (Å²) in [4.78, 5) is 12.3. The smallest absolute Gasteiger partial charge is 0.449 e. The Kier molecular flexibility index (Phi) is 6.12. The van der Waals surface area contributed by atoms with Gasteiger partial charge in [-0.1, -0.05) is 54.6 Å². The van der Waals surface area contributed by atoms with Gasteiger partial charge in [-0.05, 0) is 74.4 Å². The van der Waals surface area contributed by atoms with Crippen LogP contribution in [0.1, 0.15) is 28.2 Å². The van der Waals surface area contributed by atoms with Crippen molar-refractivity contribution in [3.8, 4) is 11.1 Å². The lowest BCUT2D eigenvalue weighted by molar-refractivity contribution is 0.142. The molecule has 0 spiro atoms. The molecule has 0 unspecified atom stereocenters. The summed E-state index contributed by atoms with van der Waals surface area (Å²) in [6, 6.07) is 20.0. The molecule has 30 heavy (non-hydrogen) atoms. The monoisotopic (exact) mass is 513 g/mol. The molecule has 0 bridgehead atoms. The first-order valence-electron chi connectivity index (χ1n) is 9.69. The lowest BCUT2D eigenvalue weighted by atomic mass is 9.76. The molecule has 0 atom stereocenters. The molecule has 4 rings (SSSR count). The summed E-state index contributed by atoms with van der Waals surface area (Å²) < 4.78 is 6.45. The van der Waals surface area contributed by atoms with Crippen molar-refractivity contribution in [3.63, 3.8) is 0 Å². The summed E-state index contributed by atoms with van der Waals surface area (Å²) in [5.41, 5.74) is 6.74. The fraction of sp³-hybridized carbons (Fsp3) is 0.174. The van der Waals surface area contributed by atoms with Crippen molar-refractivity contribution in [1.82, 2.24) is 5.32 Å². The molecule has 3 aromatic carbocycles. The van der Waals surface area contributed by atoms with E-state index in [0.717, 1.165) is 14.7 Å². The van der Waals surface area contributed by atoms with Gasteiger partial charge in [0.25, 0.3) is 0 Å². The number of fused-ring (bicyclic) bond motifs is 3. The lowest BCUT2D eigenvalue weighted by Gasteiger charge is -2.15. The zero-order valence-corrected chi connectivity index (χ0v) is 18.6. The molecule has 0 heterocycles. The molecule has 0 fully saturated rings. The highest BCUT2D eigenvalue weighted by Crippen LogP contribution is 2.44. The fourth-order valence-electron chi connectivity index (χ4n) is 3.95. The van der Waals surface area contributed by atoms with Gasteiger partial charge in [0.05, 0.1) is 0 Å². The number of hydrogen-bond acceptors (Lipinski definition) is 4. The molecular formula is C23H21BINO4. The molecule has 0 aromatic heterocycles. The molecule has 0 saturated carbocycles. The van der Waals surface area contributed by atoms with Crippen LogP contribution in [0.4, 0.5) is 4.79 Å². The number of alkyl carbamates (subject to hydrolysis) is 1. The molecule has 0 radical (unpaired) electrons. The van der Waals surface area contributed by atoms with Crippen molar-refractivity contribution >= 4 is 41.3 Å². The van der Waals surface area contributed by atoms with Crippen LogP contribution in [-0.4, -0.2) is 29.9 Å². The molecule has 1 aliphatic carbocycles. The number of benzene rings is 3. The van der Waals surface area contributed by atoms with Crippen LogP contribution >= 0.6 is 22.6 Å². The van der Waals surface area contributed by atoms with Crippen molar-refractivity contribution in [2.24, 2.45) is 0 Å². The van der Waals surface area contributed by atoms with Crippen LogP contribution in [0.3, 0.4) is 0 Å². The zero-order valence-electron chi connectivity index (χ0n) is 16.4. The van der Waals surface area contributed by atoms with E-state index in [4.69, 9.17) is 4.74 Å². The highest BCUT2D eigenvalue weighted by molar-refractivity contribution is 14.1. The quantitative estimate of drug-likeness (QED) is 0.362. The largest absolute Gasteiger partial charge is 0.488 e. The van der Waals surface area contributed by atoms with E-state index in [2.05, 4.69) is 52.2 Å². The van der Waals surface area contributed by atoms with E-state index in [0.29, 0.717) is 5.46 Å². The Morgan fingerprint density at radius 1 is 1.07 bits per heavy atom. The average Bonchev–Trinajstić information content (AvgIpc) is 3.06. The van der Waals surface area contributed by atoms with E-state index in [1.165, 1.54) is 22.3 Å². The van der Waals surface area contributed by atoms with E-state index >= 15 is 0 Å². The van der Waals surface area contributed by atoms with Crippen molar-refractivity contribution in [3.05, 3.63) is 86.5 Å². The van der Waals surface area contributed by atoms with Crippen LogP contribution in [0.2, 0.25) is 0 Å². The predicted octanol–water partition coefficient (Wildman–Crippen LogP) is 3.32. The zero-order chi connectivity index (χ0) is 21.3. The topological polar surface area (TPSA) is 78.8 Å². The summed E-state index contributed by atoms with van der Waals surface area (Å²) in [6.45, 7) is 2.33. The molecular weight excluding hydrogens is 492 g/mol. The number of nitrogens with one attached hydrogen (secondary N) is 1. The van der Waals surface area contributed by atoms with Crippen molar-refractivity contribution < 1.29 is 19.6 Å². The van der Waals surface area contributed by atoms with E-state index in [9.17, 15) is 14.8 Å². The number of carbonyl (C=O) groups is 1. The predicted molar refractivity (Wildman–Crippen MR) is 126 cm³/mol. The molecule has 7 heteroatoms. The van der Waals surface area contributed by atoms with Gasteiger partial charge in [0.2, 0.25) is 0 Å². The third-order valence-corrected chi connectivity index (χ3v) is 6.62. The van der Waals surface area contributed by atoms with Crippen LogP contribution in [0, 0.1) is 10.5 Å².